The summed E-state index contributed by atoms with van der Waals surface area (Å²) in [6.07, 6.45) is 0.781. The minimum atomic E-state index is -0.426. The van der Waals surface area contributed by atoms with Crippen molar-refractivity contribution >= 4 is 40.6 Å². The Bertz CT molecular complexity index is 1400. The van der Waals surface area contributed by atoms with E-state index in [1.807, 2.05) is 0 Å². The second-order valence-electron chi connectivity index (χ2n) is 9.50. The standard InChI is InChI=1S/C25H18F2N2O3S2/c26-11-3-1-10(2-4-11)16-17-14-9-15(20(17)33-22-21(16)34-25(32)28-22)19-18(14)23(30)29(24(19)31)13-7-5-12(27)6-8-13/h1-8,14-20H,9H2,(H,28,32)/t14-,15+,16-,17+,18+,19+,20+/m0/s1. The van der Waals surface area contributed by atoms with Crippen molar-refractivity contribution in [3.05, 3.63) is 80.3 Å². The van der Waals surface area contributed by atoms with Crippen LogP contribution >= 0.6 is 23.1 Å². The van der Waals surface area contributed by atoms with Gasteiger partial charge in [-0.2, -0.15) is 0 Å². The lowest BCUT2D eigenvalue weighted by Crippen LogP contribution is -2.42. The number of hydrogen-bond donors (Lipinski definition) is 1. The molecule has 0 unspecified atom stereocenters. The van der Waals surface area contributed by atoms with Gasteiger partial charge in [-0.05, 0) is 66.1 Å². The van der Waals surface area contributed by atoms with Gasteiger partial charge >= 0.3 is 4.87 Å². The van der Waals surface area contributed by atoms with Gasteiger partial charge in [0.2, 0.25) is 11.8 Å². The number of hydrogen-bond acceptors (Lipinski definition) is 5. The third-order valence-corrected chi connectivity index (χ3v) is 10.6. The van der Waals surface area contributed by atoms with E-state index in [0.717, 1.165) is 21.9 Å². The first-order chi connectivity index (χ1) is 16.4. The zero-order valence-corrected chi connectivity index (χ0v) is 19.2. The fourth-order valence-corrected chi connectivity index (χ4v) is 9.79. The molecule has 7 rings (SSSR count). The van der Waals surface area contributed by atoms with Crippen LogP contribution in [0.15, 0.2) is 58.4 Å². The van der Waals surface area contributed by atoms with Gasteiger partial charge in [-0.3, -0.25) is 19.3 Å². The van der Waals surface area contributed by atoms with Gasteiger partial charge in [0.05, 0.1) is 22.5 Å². The van der Waals surface area contributed by atoms with Crippen LogP contribution in [0.5, 0.6) is 0 Å². The molecule has 2 aromatic carbocycles. The molecule has 0 spiro atoms. The van der Waals surface area contributed by atoms with Crippen molar-refractivity contribution in [2.24, 2.45) is 29.6 Å². The summed E-state index contributed by atoms with van der Waals surface area (Å²) in [7, 11) is 0. The summed E-state index contributed by atoms with van der Waals surface area (Å²) in [4.78, 5) is 44.3. The van der Waals surface area contributed by atoms with Gasteiger partial charge in [-0.25, -0.2) is 8.78 Å². The van der Waals surface area contributed by atoms with Crippen LogP contribution in [0.2, 0.25) is 0 Å². The molecule has 5 nitrogen and oxygen atoms in total. The van der Waals surface area contributed by atoms with E-state index in [1.165, 1.54) is 52.6 Å². The molecule has 2 amide bonds. The Hall–Kier alpha value is -2.78. The molecule has 9 heteroatoms. The largest absolute Gasteiger partial charge is 0.307 e. The summed E-state index contributed by atoms with van der Waals surface area (Å²) < 4.78 is 27.2. The zero-order chi connectivity index (χ0) is 23.3. The number of carbonyl (C=O) groups is 2. The molecular formula is C25H18F2N2O3S2. The van der Waals surface area contributed by atoms with E-state index in [4.69, 9.17) is 0 Å². The van der Waals surface area contributed by atoms with Crippen LogP contribution in [-0.2, 0) is 9.59 Å². The smallest absolute Gasteiger partial charge is 0.305 e. The first kappa shape index (κ1) is 20.6. The number of carbonyl (C=O) groups excluding carboxylic acids is 2. The molecule has 34 heavy (non-hydrogen) atoms. The second kappa shape index (κ2) is 7.11. The fourth-order valence-electron chi connectivity index (χ4n) is 6.90. The van der Waals surface area contributed by atoms with Crippen LogP contribution in [-0.4, -0.2) is 22.0 Å². The number of anilines is 1. The number of nitrogens with zero attached hydrogens (tertiary/aromatic N) is 1. The number of thiazole rings is 1. The number of benzene rings is 2. The number of nitrogens with one attached hydrogen (secondary N) is 1. The highest BCUT2D eigenvalue weighted by molar-refractivity contribution is 8.00. The van der Waals surface area contributed by atoms with Crippen molar-refractivity contribution in [3.8, 4) is 0 Å². The summed E-state index contributed by atoms with van der Waals surface area (Å²) in [5, 5.41) is 0.894. The molecule has 2 aliphatic carbocycles. The summed E-state index contributed by atoms with van der Waals surface area (Å²) in [5.74, 6) is -2.10. The number of halogens is 2. The van der Waals surface area contributed by atoms with Crippen molar-refractivity contribution < 1.29 is 18.4 Å². The lowest BCUT2D eigenvalue weighted by molar-refractivity contribution is -0.123. The van der Waals surface area contributed by atoms with Gasteiger partial charge in [-0.15, -0.1) is 11.8 Å². The lowest BCUT2D eigenvalue weighted by Gasteiger charge is -2.43. The molecule has 2 saturated carbocycles. The summed E-state index contributed by atoms with van der Waals surface area (Å²) in [6.45, 7) is 0. The molecule has 2 bridgehead atoms. The van der Waals surface area contributed by atoms with E-state index in [2.05, 4.69) is 4.98 Å². The third-order valence-electron chi connectivity index (χ3n) is 8.04. The van der Waals surface area contributed by atoms with E-state index in [0.29, 0.717) is 5.69 Å². The summed E-state index contributed by atoms with van der Waals surface area (Å²) in [5.41, 5.74) is 1.32. The predicted octanol–water partition coefficient (Wildman–Crippen LogP) is 4.39. The van der Waals surface area contributed by atoms with Gasteiger partial charge in [0.15, 0.2) is 0 Å². The molecule has 3 fully saturated rings. The van der Waals surface area contributed by atoms with Crippen LogP contribution < -0.4 is 9.77 Å². The number of imide groups is 1. The molecular weight excluding hydrogens is 478 g/mol. The van der Waals surface area contributed by atoms with Gasteiger partial charge in [0.25, 0.3) is 0 Å². The SMILES string of the molecule is O=C1[C@@H]2[C@H]3C[C@@H]([C@H]4Sc5[nH]c(=O)sc5[C@@H](c5ccc(F)cc5)[C@@H]34)[C@H]2C(=O)N1c1ccc(F)cc1. The lowest BCUT2D eigenvalue weighted by atomic mass is 9.68. The second-order valence-corrected chi connectivity index (χ2v) is 11.7. The molecule has 1 N–H and O–H groups in total. The number of amides is 2. The topological polar surface area (TPSA) is 70.2 Å². The van der Waals surface area contributed by atoms with Crippen LogP contribution in [0.3, 0.4) is 0 Å². The van der Waals surface area contributed by atoms with Crippen LogP contribution in [0, 0.1) is 41.2 Å². The Kier molecular flexibility index (Phi) is 4.31. The minimum Gasteiger partial charge on any atom is -0.307 e. The molecule has 2 aliphatic heterocycles. The van der Waals surface area contributed by atoms with Crippen molar-refractivity contribution in [2.45, 2.75) is 22.6 Å². The van der Waals surface area contributed by atoms with Gasteiger partial charge < -0.3 is 4.98 Å². The highest BCUT2D eigenvalue weighted by Gasteiger charge is 2.69. The van der Waals surface area contributed by atoms with E-state index in [-0.39, 0.29) is 51.4 Å². The first-order valence-corrected chi connectivity index (χ1v) is 12.9. The van der Waals surface area contributed by atoms with Gasteiger partial charge in [-0.1, -0.05) is 23.5 Å². The first-order valence-electron chi connectivity index (χ1n) is 11.2. The Balaban J connectivity index is 1.32. The van der Waals surface area contributed by atoms with E-state index >= 15 is 0 Å². The Morgan fingerprint density at radius 1 is 0.853 bits per heavy atom. The van der Waals surface area contributed by atoms with E-state index < -0.39 is 17.7 Å². The maximum Gasteiger partial charge on any atom is 0.305 e. The van der Waals surface area contributed by atoms with Crippen molar-refractivity contribution in [3.63, 3.8) is 0 Å². The molecule has 1 saturated heterocycles. The van der Waals surface area contributed by atoms with Crippen molar-refractivity contribution in [1.29, 1.82) is 0 Å². The maximum absolute atomic E-state index is 13.7. The highest BCUT2D eigenvalue weighted by atomic mass is 32.2. The number of aromatic nitrogens is 1. The van der Waals surface area contributed by atoms with Gasteiger partial charge in [0, 0.05) is 16.0 Å². The highest BCUT2D eigenvalue weighted by Crippen LogP contribution is 2.68. The monoisotopic (exact) mass is 496 g/mol. The normalized spacial score (nSPS) is 33.2. The van der Waals surface area contributed by atoms with E-state index in [9.17, 15) is 23.2 Å². The summed E-state index contributed by atoms with van der Waals surface area (Å²) in [6, 6.07) is 11.8. The minimum absolute atomic E-state index is 0.00592. The fraction of sp³-hybridized carbons (Fsp3) is 0.320. The molecule has 7 atom stereocenters. The number of thioether (sulfide) groups is 1. The Morgan fingerprint density at radius 2 is 1.47 bits per heavy atom. The van der Waals surface area contributed by atoms with Crippen LogP contribution in [0.4, 0.5) is 14.5 Å². The average molecular weight is 497 g/mol. The Labute approximate surface area is 201 Å². The number of rotatable bonds is 2. The maximum atomic E-state index is 13.7. The number of fused-ring (bicyclic) bond motifs is 9. The van der Waals surface area contributed by atoms with Crippen molar-refractivity contribution in [2.75, 3.05) is 4.90 Å². The Morgan fingerprint density at radius 3 is 2.15 bits per heavy atom. The molecule has 3 aromatic rings. The van der Waals surface area contributed by atoms with Crippen LogP contribution in [0.25, 0.3) is 0 Å². The average Bonchev–Trinajstić information content (AvgIpc) is 3.54. The molecule has 1 aromatic heterocycles. The molecule has 4 aliphatic rings. The number of H-pyrrole nitrogens is 1. The van der Waals surface area contributed by atoms with E-state index in [1.54, 1.807) is 23.9 Å². The van der Waals surface area contributed by atoms with Crippen molar-refractivity contribution in [1.82, 2.24) is 4.98 Å². The number of aromatic amines is 1. The molecule has 3 heterocycles. The third kappa shape index (κ3) is 2.68. The molecule has 0 radical (unpaired) electrons. The predicted molar refractivity (Wildman–Crippen MR) is 124 cm³/mol. The summed E-state index contributed by atoms with van der Waals surface area (Å²) >= 11 is 2.79. The quantitative estimate of drug-likeness (QED) is 0.535. The zero-order valence-electron chi connectivity index (χ0n) is 17.6. The molecule has 172 valence electrons. The van der Waals surface area contributed by atoms with Crippen LogP contribution in [0.1, 0.15) is 22.8 Å². The van der Waals surface area contributed by atoms with Gasteiger partial charge in [0.1, 0.15) is 11.6 Å².